The number of halogens is 3. The highest BCUT2D eigenvalue weighted by molar-refractivity contribution is 5.81. The molecule has 0 aliphatic carbocycles. The van der Waals surface area contributed by atoms with Crippen molar-refractivity contribution in [2.75, 3.05) is 13.7 Å². The van der Waals surface area contributed by atoms with Crippen molar-refractivity contribution in [2.45, 2.75) is 19.0 Å². The van der Waals surface area contributed by atoms with Gasteiger partial charge in [-0.2, -0.15) is 13.2 Å². The number of rotatable bonds is 6. The molecule has 7 heteroatoms. The zero-order chi connectivity index (χ0) is 16.6. The highest BCUT2D eigenvalue weighted by Gasteiger charge is 2.33. The van der Waals surface area contributed by atoms with Gasteiger partial charge >= 0.3 is 12.1 Å². The average Bonchev–Trinajstić information content (AvgIpc) is 2.46. The number of ether oxygens (including phenoxy) is 1. The molecule has 0 saturated carbocycles. The monoisotopic (exact) mass is 315 g/mol. The summed E-state index contributed by atoms with van der Waals surface area (Å²) < 4.78 is 42.7. The van der Waals surface area contributed by atoms with Gasteiger partial charge in [0.2, 0.25) is 5.91 Å². The molecule has 1 aromatic rings. The Morgan fingerprint density at radius 2 is 1.95 bits per heavy atom. The second-order valence-electron chi connectivity index (χ2n) is 4.40. The van der Waals surface area contributed by atoms with E-state index in [1.165, 1.54) is 37.5 Å². The molecule has 0 saturated heterocycles. The molecule has 1 rings (SSSR count). The van der Waals surface area contributed by atoms with Gasteiger partial charge in [-0.3, -0.25) is 4.79 Å². The van der Waals surface area contributed by atoms with Crippen LogP contribution in [0.5, 0.6) is 0 Å². The standard InChI is InChI=1S/C15H16F3NO3/c1-22-14(21)8-4-5-9-19-13(20)10-11-6-2-3-7-12(11)15(16,17)18/h2-4,6-8H,5,9-10H2,1H3,(H,19,20)/b8-4+. The van der Waals surface area contributed by atoms with Crippen molar-refractivity contribution in [2.24, 2.45) is 0 Å². The van der Waals surface area contributed by atoms with Gasteiger partial charge in [-0.25, -0.2) is 4.79 Å². The van der Waals surface area contributed by atoms with E-state index in [9.17, 15) is 22.8 Å². The number of alkyl halides is 3. The van der Waals surface area contributed by atoms with Crippen LogP contribution in [-0.2, 0) is 26.9 Å². The number of benzene rings is 1. The number of hydrogen-bond donors (Lipinski definition) is 1. The Morgan fingerprint density at radius 1 is 1.27 bits per heavy atom. The highest BCUT2D eigenvalue weighted by atomic mass is 19.4. The van der Waals surface area contributed by atoms with E-state index in [4.69, 9.17) is 0 Å². The van der Waals surface area contributed by atoms with Crippen LogP contribution in [0.2, 0.25) is 0 Å². The van der Waals surface area contributed by atoms with Gasteiger partial charge in [0.1, 0.15) is 0 Å². The molecule has 0 radical (unpaired) electrons. The molecule has 0 aliphatic rings. The molecule has 0 spiro atoms. The summed E-state index contributed by atoms with van der Waals surface area (Å²) in [5, 5.41) is 2.49. The Bertz CT molecular complexity index is 553. The number of methoxy groups -OCH3 is 1. The van der Waals surface area contributed by atoms with Gasteiger partial charge in [-0.1, -0.05) is 24.3 Å². The van der Waals surface area contributed by atoms with Crippen LogP contribution in [-0.4, -0.2) is 25.5 Å². The first-order valence-corrected chi connectivity index (χ1v) is 6.51. The second-order valence-corrected chi connectivity index (χ2v) is 4.40. The van der Waals surface area contributed by atoms with E-state index in [0.29, 0.717) is 6.42 Å². The van der Waals surface area contributed by atoms with E-state index in [-0.39, 0.29) is 18.5 Å². The number of carbonyl (C=O) groups excluding carboxylic acids is 2. The molecular weight excluding hydrogens is 299 g/mol. The zero-order valence-corrected chi connectivity index (χ0v) is 11.9. The fourth-order valence-electron chi connectivity index (χ4n) is 1.73. The molecule has 0 fully saturated rings. The largest absolute Gasteiger partial charge is 0.466 e. The van der Waals surface area contributed by atoms with Crippen molar-refractivity contribution in [3.8, 4) is 0 Å². The number of amides is 1. The summed E-state index contributed by atoms with van der Waals surface area (Å²) in [5.74, 6) is -1.02. The highest BCUT2D eigenvalue weighted by Crippen LogP contribution is 2.31. The molecule has 1 amide bonds. The van der Waals surface area contributed by atoms with E-state index in [2.05, 4.69) is 10.1 Å². The fourth-order valence-corrected chi connectivity index (χ4v) is 1.73. The van der Waals surface area contributed by atoms with Crippen LogP contribution < -0.4 is 5.32 Å². The molecule has 0 heterocycles. The number of esters is 1. The maximum Gasteiger partial charge on any atom is 0.416 e. The Labute approximate surface area is 126 Å². The van der Waals surface area contributed by atoms with Crippen molar-refractivity contribution in [1.82, 2.24) is 5.32 Å². The molecule has 0 aromatic heterocycles. The molecule has 0 unspecified atom stereocenters. The molecule has 120 valence electrons. The predicted molar refractivity (Wildman–Crippen MR) is 73.9 cm³/mol. The third-order valence-electron chi connectivity index (χ3n) is 2.76. The molecule has 0 bridgehead atoms. The molecule has 0 aliphatic heterocycles. The summed E-state index contributed by atoms with van der Waals surface area (Å²) in [7, 11) is 1.24. The minimum Gasteiger partial charge on any atom is -0.466 e. The predicted octanol–water partition coefficient (Wildman–Crippen LogP) is 2.48. The van der Waals surface area contributed by atoms with Gasteiger partial charge in [-0.05, 0) is 18.1 Å². The zero-order valence-electron chi connectivity index (χ0n) is 11.9. The minimum absolute atomic E-state index is 0.0717. The fraction of sp³-hybridized carbons (Fsp3) is 0.333. The van der Waals surface area contributed by atoms with Crippen LogP contribution in [0.3, 0.4) is 0 Å². The average molecular weight is 315 g/mol. The summed E-state index contributed by atoms with van der Waals surface area (Å²) in [6.07, 6.45) is -1.74. The number of hydrogen-bond acceptors (Lipinski definition) is 3. The van der Waals surface area contributed by atoms with Crippen LogP contribution >= 0.6 is 0 Å². The first-order valence-electron chi connectivity index (χ1n) is 6.51. The third kappa shape index (κ3) is 5.99. The Balaban J connectivity index is 2.50. The van der Waals surface area contributed by atoms with Crippen molar-refractivity contribution >= 4 is 11.9 Å². The Morgan fingerprint density at radius 3 is 2.59 bits per heavy atom. The summed E-state index contributed by atoms with van der Waals surface area (Å²) in [6.45, 7) is 0.223. The number of carbonyl (C=O) groups is 2. The molecule has 4 nitrogen and oxygen atoms in total. The quantitative estimate of drug-likeness (QED) is 0.498. The molecule has 1 aromatic carbocycles. The van der Waals surface area contributed by atoms with E-state index < -0.39 is 23.6 Å². The maximum absolute atomic E-state index is 12.8. The van der Waals surface area contributed by atoms with Gasteiger partial charge < -0.3 is 10.1 Å². The third-order valence-corrected chi connectivity index (χ3v) is 2.76. The lowest BCUT2D eigenvalue weighted by atomic mass is 10.0. The van der Waals surface area contributed by atoms with Gasteiger partial charge in [0.15, 0.2) is 0 Å². The SMILES string of the molecule is COC(=O)/C=C/CCNC(=O)Cc1ccccc1C(F)(F)F. The van der Waals surface area contributed by atoms with E-state index in [0.717, 1.165) is 6.07 Å². The van der Waals surface area contributed by atoms with Crippen LogP contribution in [0.15, 0.2) is 36.4 Å². The second kappa shape index (κ2) is 8.21. The van der Waals surface area contributed by atoms with Gasteiger partial charge in [0.05, 0.1) is 19.1 Å². The van der Waals surface area contributed by atoms with Gasteiger partial charge in [-0.15, -0.1) is 0 Å². The minimum atomic E-state index is -4.49. The summed E-state index contributed by atoms with van der Waals surface area (Å²) in [6, 6.07) is 4.96. The van der Waals surface area contributed by atoms with Crippen LogP contribution in [0.4, 0.5) is 13.2 Å². The smallest absolute Gasteiger partial charge is 0.416 e. The first-order chi connectivity index (χ1) is 10.3. The van der Waals surface area contributed by atoms with E-state index in [1.807, 2.05) is 0 Å². The van der Waals surface area contributed by atoms with Gasteiger partial charge in [0.25, 0.3) is 0 Å². The molecule has 1 N–H and O–H groups in total. The van der Waals surface area contributed by atoms with E-state index >= 15 is 0 Å². The van der Waals surface area contributed by atoms with Crippen LogP contribution in [0.25, 0.3) is 0 Å². The normalized spacial score (nSPS) is 11.5. The van der Waals surface area contributed by atoms with Crippen LogP contribution in [0.1, 0.15) is 17.5 Å². The summed E-state index contributed by atoms with van der Waals surface area (Å²) in [4.78, 5) is 22.4. The van der Waals surface area contributed by atoms with Crippen molar-refractivity contribution < 1.29 is 27.5 Å². The van der Waals surface area contributed by atoms with Crippen molar-refractivity contribution in [1.29, 1.82) is 0 Å². The lowest BCUT2D eigenvalue weighted by molar-refractivity contribution is -0.138. The molecule has 0 atom stereocenters. The molecular formula is C15H16F3NO3. The lowest BCUT2D eigenvalue weighted by Gasteiger charge is -2.12. The summed E-state index contributed by atoms with van der Waals surface area (Å²) >= 11 is 0. The van der Waals surface area contributed by atoms with Gasteiger partial charge in [0, 0.05) is 12.6 Å². The number of nitrogens with one attached hydrogen (secondary N) is 1. The van der Waals surface area contributed by atoms with Crippen molar-refractivity contribution in [3.05, 3.63) is 47.5 Å². The Hall–Kier alpha value is -2.31. The lowest BCUT2D eigenvalue weighted by Crippen LogP contribution is -2.26. The maximum atomic E-state index is 12.8. The van der Waals surface area contributed by atoms with Crippen LogP contribution in [0, 0.1) is 0 Å². The first kappa shape index (κ1) is 17.7. The molecule has 22 heavy (non-hydrogen) atoms. The summed E-state index contributed by atoms with van der Waals surface area (Å²) in [5.41, 5.74) is -0.881. The Kier molecular flexibility index (Phi) is 6.62. The van der Waals surface area contributed by atoms with E-state index in [1.54, 1.807) is 0 Å². The van der Waals surface area contributed by atoms with Crippen molar-refractivity contribution in [3.63, 3.8) is 0 Å². The topological polar surface area (TPSA) is 55.4 Å².